The van der Waals surface area contributed by atoms with Gasteiger partial charge in [-0.25, -0.2) is 4.98 Å². The van der Waals surface area contributed by atoms with Crippen LogP contribution < -0.4 is 11.1 Å². The first kappa shape index (κ1) is 11.7. The largest absolute Gasteiger partial charge is 0.375 e. The summed E-state index contributed by atoms with van der Waals surface area (Å²) < 4.78 is 0. The maximum Gasteiger partial charge on any atom is 0.180 e. The van der Waals surface area contributed by atoms with Gasteiger partial charge in [0.05, 0.1) is 0 Å². The Hall–Kier alpha value is -1.39. The van der Waals surface area contributed by atoms with E-state index in [9.17, 15) is 0 Å². The fourth-order valence-electron chi connectivity index (χ4n) is 2.59. The Kier molecular flexibility index (Phi) is 3.30. The van der Waals surface area contributed by atoms with Crippen LogP contribution in [0, 0.1) is 0 Å². The van der Waals surface area contributed by atoms with Crippen LogP contribution in [0.1, 0.15) is 34.9 Å². The maximum atomic E-state index is 5.64. The van der Waals surface area contributed by atoms with Crippen molar-refractivity contribution in [3.8, 4) is 0 Å². The molecule has 94 valence electrons. The molecule has 1 aliphatic rings. The number of fused-ring (bicyclic) bond motifs is 1. The molecular formula is C14H17N3S. The van der Waals surface area contributed by atoms with Crippen molar-refractivity contribution in [1.82, 2.24) is 10.3 Å². The smallest absolute Gasteiger partial charge is 0.180 e. The van der Waals surface area contributed by atoms with Crippen LogP contribution in [0.4, 0.5) is 5.13 Å². The quantitative estimate of drug-likeness (QED) is 0.891. The summed E-state index contributed by atoms with van der Waals surface area (Å²) in [5, 5.41) is 4.27. The number of nitrogens with zero attached hydrogens (tertiary/aromatic N) is 1. The Labute approximate surface area is 111 Å². The highest BCUT2D eigenvalue weighted by Gasteiger charge is 2.19. The van der Waals surface area contributed by atoms with E-state index in [0.717, 1.165) is 6.54 Å². The Bertz CT molecular complexity index is 535. The van der Waals surface area contributed by atoms with Crippen LogP contribution in [-0.2, 0) is 13.0 Å². The number of hydrogen-bond acceptors (Lipinski definition) is 4. The second-order valence-corrected chi connectivity index (χ2v) is 5.84. The minimum Gasteiger partial charge on any atom is -0.375 e. The summed E-state index contributed by atoms with van der Waals surface area (Å²) in [4.78, 5) is 5.29. The maximum absolute atomic E-state index is 5.64. The number of nitrogen functional groups attached to an aromatic ring is 1. The van der Waals surface area contributed by atoms with Crippen molar-refractivity contribution in [3.05, 3.63) is 46.5 Å². The van der Waals surface area contributed by atoms with Gasteiger partial charge in [-0.1, -0.05) is 24.3 Å². The monoisotopic (exact) mass is 259 g/mol. The fraction of sp³-hybridized carbons (Fsp3) is 0.357. The molecule has 1 aromatic heterocycles. The number of thiazole rings is 1. The molecule has 1 heterocycles. The van der Waals surface area contributed by atoms with Gasteiger partial charge in [-0.2, -0.15) is 0 Å². The van der Waals surface area contributed by atoms with Gasteiger partial charge in [-0.15, -0.1) is 11.3 Å². The zero-order valence-corrected chi connectivity index (χ0v) is 11.0. The zero-order chi connectivity index (χ0) is 12.4. The number of nitrogens with one attached hydrogen (secondary N) is 1. The van der Waals surface area contributed by atoms with Gasteiger partial charge < -0.3 is 11.1 Å². The first-order chi connectivity index (χ1) is 8.83. The molecule has 0 radical (unpaired) electrons. The molecule has 1 aliphatic carbocycles. The fourth-order valence-corrected chi connectivity index (χ4v) is 3.23. The molecule has 18 heavy (non-hydrogen) atoms. The van der Waals surface area contributed by atoms with Crippen molar-refractivity contribution in [2.24, 2.45) is 0 Å². The van der Waals surface area contributed by atoms with Crippen LogP contribution in [-0.4, -0.2) is 4.98 Å². The van der Waals surface area contributed by atoms with Gasteiger partial charge >= 0.3 is 0 Å². The number of aryl methyl sites for hydroxylation is 1. The molecule has 3 nitrogen and oxygen atoms in total. The van der Waals surface area contributed by atoms with Gasteiger partial charge in [0, 0.05) is 23.7 Å². The van der Waals surface area contributed by atoms with Crippen LogP contribution in [0.2, 0.25) is 0 Å². The van der Waals surface area contributed by atoms with E-state index < -0.39 is 0 Å². The Morgan fingerprint density at radius 3 is 3.11 bits per heavy atom. The van der Waals surface area contributed by atoms with Crippen molar-refractivity contribution in [1.29, 1.82) is 0 Å². The van der Waals surface area contributed by atoms with Gasteiger partial charge in [-0.3, -0.25) is 0 Å². The first-order valence-electron chi connectivity index (χ1n) is 6.34. The van der Waals surface area contributed by atoms with Crippen LogP contribution in [0.3, 0.4) is 0 Å². The molecule has 0 bridgehead atoms. The highest BCUT2D eigenvalue weighted by molar-refractivity contribution is 7.15. The molecule has 1 atom stereocenters. The molecule has 2 aromatic rings. The predicted molar refractivity (Wildman–Crippen MR) is 75.5 cm³/mol. The lowest BCUT2D eigenvalue weighted by molar-refractivity contribution is 0.461. The minimum atomic E-state index is 0.471. The van der Waals surface area contributed by atoms with E-state index in [1.54, 1.807) is 11.3 Å². The van der Waals surface area contributed by atoms with Gasteiger partial charge in [-0.05, 0) is 30.4 Å². The third kappa shape index (κ3) is 2.40. The van der Waals surface area contributed by atoms with Crippen molar-refractivity contribution < 1.29 is 0 Å². The van der Waals surface area contributed by atoms with E-state index in [2.05, 4.69) is 34.6 Å². The number of anilines is 1. The lowest BCUT2D eigenvalue weighted by atomic mass is 9.88. The zero-order valence-electron chi connectivity index (χ0n) is 10.2. The van der Waals surface area contributed by atoms with E-state index in [0.29, 0.717) is 11.2 Å². The third-order valence-electron chi connectivity index (χ3n) is 3.46. The van der Waals surface area contributed by atoms with E-state index in [1.807, 2.05) is 6.20 Å². The average molecular weight is 259 g/mol. The van der Waals surface area contributed by atoms with Crippen LogP contribution in [0.5, 0.6) is 0 Å². The summed E-state index contributed by atoms with van der Waals surface area (Å²) in [7, 11) is 0. The minimum absolute atomic E-state index is 0.471. The van der Waals surface area contributed by atoms with Crippen LogP contribution >= 0.6 is 11.3 Å². The topological polar surface area (TPSA) is 50.9 Å². The lowest BCUT2D eigenvalue weighted by Crippen LogP contribution is -2.24. The average Bonchev–Trinajstić information content (AvgIpc) is 2.82. The van der Waals surface area contributed by atoms with E-state index in [-0.39, 0.29) is 0 Å². The summed E-state index contributed by atoms with van der Waals surface area (Å²) in [5.74, 6) is 0. The molecule has 1 aromatic carbocycles. The van der Waals surface area contributed by atoms with Gasteiger partial charge in [0.2, 0.25) is 0 Å². The predicted octanol–water partition coefficient (Wildman–Crippen LogP) is 2.89. The Morgan fingerprint density at radius 1 is 1.39 bits per heavy atom. The molecule has 3 rings (SSSR count). The summed E-state index contributed by atoms with van der Waals surface area (Å²) >= 11 is 1.56. The normalized spacial score (nSPS) is 18.6. The van der Waals surface area contributed by atoms with Gasteiger partial charge in [0.25, 0.3) is 0 Å². The number of benzene rings is 1. The molecule has 4 heteroatoms. The van der Waals surface area contributed by atoms with E-state index in [1.165, 1.54) is 35.3 Å². The Balaban J connectivity index is 1.71. The second-order valence-electron chi connectivity index (χ2n) is 4.69. The molecule has 3 N–H and O–H groups in total. The van der Waals surface area contributed by atoms with E-state index >= 15 is 0 Å². The SMILES string of the molecule is Nc1ncc(CNC2CCCc3ccccc32)s1. The highest BCUT2D eigenvalue weighted by Crippen LogP contribution is 2.29. The molecule has 1 unspecified atom stereocenters. The van der Waals surface area contributed by atoms with Crippen molar-refractivity contribution in [2.75, 3.05) is 5.73 Å². The third-order valence-corrected chi connectivity index (χ3v) is 4.29. The first-order valence-corrected chi connectivity index (χ1v) is 7.16. The summed E-state index contributed by atoms with van der Waals surface area (Å²) in [6, 6.07) is 9.22. The molecular weight excluding hydrogens is 242 g/mol. The molecule has 0 saturated carbocycles. The van der Waals surface area contributed by atoms with Crippen molar-refractivity contribution in [3.63, 3.8) is 0 Å². The van der Waals surface area contributed by atoms with E-state index in [4.69, 9.17) is 5.73 Å². The molecule has 0 spiro atoms. The van der Waals surface area contributed by atoms with Gasteiger partial charge in [0.1, 0.15) is 0 Å². The Morgan fingerprint density at radius 2 is 2.28 bits per heavy atom. The number of rotatable bonds is 3. The van der Waals surface area contributed by atoms with Crippen LogP contribution in [0.25, 0.3) is 0 Å². The summed E-state index contributed by atoms with van der Waals surface area (Å²) in [6.45, 7) is 0.855. The number of nitrogens with two attached hydrogens (primary N) is 1. The lowest BCUT2D eigenvalue weighted by Gasteiger charge is -2.26. The molecule has 0 amide bonds. The number of aromatic nitrogens is 1. The van der Waals surface area contributed by atoms with Gasteiger partial charge in [0.15, 0.2) is 5.13 Å². The molecule has 0 fully saturated rings. The molecule has 0 aliphatic heterocycles. The standard InChI is InChI=1S/C14H17N3S/c15-14-17-9-11(18-14)8-16-13-7-3-5-10-4-1-2-6-12(10)13/h1-2,4,6,9,13,16H,3,5,7-8H2,(H2,15,17). The van der Waals surface area contributed by atoms with Crippen LogP contribution in [0.15, 0.2) is 30.5 Å². The summed E-state index contributed by atoms with van der Waals surface area (Å²) in [6.07, 6.45) is 5.55. The number of hydrogen-bond donors (Lipinski definition) is 2. The van der Waals surface area contributed by atoms with Crippen molar-refractivity contribution in [2.45, 2.75) is 31.8 Å². The highest BCUT2D eigenvalue weighted by atomic mass is 32.1. The summed E-state index contributed by atoms with van der Waals surface area (Å²) in [5.41, 5.74) is 8.59. The van der Waals surface area contributed by atoms with Crippen molar-refractivity contribution >= 4 is 16.5 Å². The second kappa shape index (κ2) is 5.08. The molecule has 0 saturated heterocycles.